The van der Waals surface area contributed by atoms with Gasteiger partial charge in [0.25, 0.3) is 0 Å². The van der Waals surface area contributed by atoms with Gasteiger partial charge in [-0.3, -0.25) is 0 Å². The predicted octanol–water partition coefficient (Wildman–Crippen LogP) is 3.54. The van der Waals surface area contributed by atoms with Crippen LogP contribution in [0.1, 0.15) is 13.8 Å². The molecule has 0 atom stereocenters. The molecule has 0 aliphatic heterocycles. The highest BCUT2D eigenvalue weighted by atomic mass is 79.9. The number of hydrogen-bond donors (Lipinski definition) is 2. The van der Waals surface area contributed by atoms with Crippen LogP contribution in [0.4, 0.5) is 22.0 Å². The Labute approximate surface area is 134 Å². The number of hydrogen-bond acceptors (Lipinski definition) is 6. The van der Waals surface area contributed by atoms with E-state index in [4.69, 9.17) is 22.1 Å². The van der Waals surface area contributed by atoms with E-state index in [9.17, 15) is 4.39 Å². The van der Waals surface area contributed by atoms with Crippen molar-refractivity contribution in [2.75, 3.05) is 11.1 Å². The van der Waals surface area contributed by atoms with Gasteiger partial charge in [0.15, 0.2) is 0 Å². The van der Waals surface area contributed by atoms with E-state index in [1.54, 1.807) is 0 Å². The topological polar surface area (TPSA) is 86.0 Å². The van der Waals surface area contributed by atoms with Gasteiger partial charge in [-0.2, -0.15) is 15.0 Å². The fraction of sp³-hybridized carbons (Fsp3) is 0.250. The molecule has 1 aromatic heterocycles. The molecule has 0 saturated carbocycles. The van der Waals surface area contributed by atoms with E-state index < -0.39 is 5.82 Å². The quantitative estimate of drug-likeness (QED) is 0.849. The molecule has 1 aromatic carbocycles. The van der Waals surface area contributed by atoms with Crippen LogP contribution in [0.15, 0.2) is 16.6 Å². The second kappa shape index (κ2) is 6.40. The number of halogens is 3. The zero-order chi connectivity index (χ0) is 15.6. The molecule has 0 saturated heterocycles. The molecule has 2 rings (SSSR count). The highest BCUT2D eigenvalue weighted by Crippen LogP contribution is 2.33. The molecule has 0 unspecified atom stereocenters. The summed E-state index contributed by atoms with van der Waals surface area (Å²) in [6.45, 7) is 3.67. The molecular weight excluding hydrogens is 365 g/mol. The van der Waals surface area contributed by atoms with Crippen LogP contribution in [-0.2, 0) is 0 Å². The summed E-state index contributed by atoms with van der Waals surface area (Å²) in [5.74, 6) is -0.318. The number of nitrogen functional groups attached to an aromatic ring is 1. The van der Waals surface area contributed by atoms with Crippen LogP contribution in [0.5, 0.6) is 6.01 Å². The summed E-state index contributed by atoms with van der Waals surface area (Å²) in [7, 11) is 0. The first-order valence-corrected chi connectivity index (χ1v) is 7.12. The van der Waals surface area contributed by atoms with Crippen molar-refractivity contribution in [3.05, 3.63) is 27.4 Å². The normalized spacial score (nSPS) is 10.8. The van der Waals surface area contributed by atoms with Crippen molar-refractivity contribution >= 4 is 45.1 Å². The van der Waals surface area contributed by atoms with Crippen LogP contribution in [0.25, 0.3) is 0 Å². The van der Waals surface area contributed by atoms with Gasteiger partial charge in [0.05, 0.1) is 16.8 Å². The largest absolute Gasteiger partial charge is 0.461 e. The lowest BCUT2D eigenvalue weighted by Crippen LogP contribution is -2.12. The predicted molar refractivity (Wildman–Crippen MR) is 82.4 cm³/mol. The van der Waals surface area contributed by atoms with Crippen molar-refractivity contribution in [2.24, 2.45) is 0 Å². The summed E-state index contributed by atoms with van der Waals surface area (Å²) in [4.78, 5) is 11.9. The number of ether oxygens (including phenoxy) is 1. The van der Waals surface area contributed by atoms with E-state index in [2.05, 4.69) is 36.2 Å². The van der Waals surface area contributed by atoms with Gasteiger partial charge in [-0.05, 0) is 41.9 Å². The Bertz CT molecular complexity index is 647. The van der Waals surface area contributed by atoms with Crippen molar-refractivity contribution in [3.63, 3.8) is 0 Å². The molecule has 9 heteroatoms. The maximum Gasteiger partial charge on any atom is 0.323 e. The van der Waals surface area contributed by atoms with E-state index in [1.165, 1.54) is 12.1 Å². The average Bonchev–Trinajstić information content (AvgIpc) is 2.32. The van der Waals surface area contributed by atoms with Crippen molar-refractivity contribution < 1.29 is 9.13 Å². The fourth-order valence-electron chi connectivity index (χ4n) is 1.46. The van der Waals surface area contributed by atoms with Gasteiger partial charge >= 0.3 is 6.01 Å². The molecular formula is C12H12BrClFN5O. The Morgan fingerprint density at radius 2 is 2.05 bits per heavy atom. The summed E-state index contributed by atoms with van der Waals surface area (Å²) < 4.78 is 19.0. The fourth-order valence-corrected chi connectivity index (χ4v) is 2.36. The molecule has 0 aliphatic carbocycles. The Kier molecular flexibility index (Phi) is 4.79. The number of nitrogens with one attached hydrogen (secondary N) is 1. The van der Waals surface area contributed by atoms with Gasteiger partial charge in [0.1, 0.15) is 5.82 Å². The smallest absolute Gasteiger partial charge is 0.323 e. The van der Waals surface area contributed by atoms with Crippen LogP contribution in [0.2, 0.25) is 5.02 Å². The molecule has 1 heterocycles. The van der Waals surface area contributed by atoms with Crippen molar-refractivity contribution in [1.29, 1.82) is 0 Å². The summed E-state index contributed by atoms with van der Waals surface area (Å²) in [6, 6.07) is 2.53. The Morgan fingerprint density at radius 3 is 2.67 bits per heavy atom. The maximum absolute atomic E-state index is 13.2. The molecule has 0 amide bonds. The molecule has 0 aliphatic rings. The molecule has 2 aromatic rings. The average molecular weight is 377 g/mol. The van der Waals surface area contributed by atoms with Gasteiger partial charge in [0.2, 0.25) is 11.9 Å². The van der Waals surface area contributed by atoms with E-state index >= 15 is 0 Å². The van der Waals surface area contributed by atoms with Gasteiger partial charge in [0, 0.05) is 4.47 Å². The van der Waals surface area contributed by atoms with Gasteiger partial charge < -0.3 is 15.8 Å². The second-order valence-electron chi connectivity index (χ2n) is 4.34. The molecule has 0 spiro atoms. The van der Waals surface area contributed by atoms with Gasteiger partial charge in [-0.25, -0.2) is 4.39 Å². The van der Waals surface area contributed by atoms with E-state index in [1.807, 2.05) is 13.8 Å². The molecule has 0 radical (unpaired) electrons. The standard InChI is InChI=1S/C12H12BrClFN5O/c1-5(2)21-12-19-10(16)18-11(20-12)17-9-7(13)3-6(15)4-8(9)14/h3-5H,1-2H3,(H3,16,17,18,19,20). The first-order valence-electron chi connectivity index (χ1n) is 5.95. The van der Waals surface area contributed by atoms with E-state index in [-0.39, 0.29) is 29.0 Å². The molecule has 3 N–H and O–H groups in total. The van der Waals surface area contributed by atoms with Crippen LogP contribution in [0.3, 0.4) is 0 Å². The zero-order valence-electron chi connectivity index (χ0n) is 11.2. The minimum atomic E-state index is -0.462. The number of rotatable bonds is 4. The SMILES string of the molecule is CC(C)Oc1nc(N)nc(Nc2c(Cl)cc(F)cc2Br)n1. The third-order valence-electron chi connectivity index (χ3n) is 2.22. The number of nitrogens with two attached hydrogens (primary N) is 1. The van der Waals surface area contributed by atoms with E-state index in [0.29, 0.717) is 10.2 Å². The second-order valence-corrected chi connectivity index (χ2v) is 5.60. The highest BCUT2D eigenvalue weighted by Gasteiger charge is 2.12. The Balaban J connectivity index is 2.33. The molecule has 6 nitrogen and oxygen atoms in total. The minimum absolute atomic E-state index is 0.00231. The number of anilines is 3. The molecule has 112 valence electrons. The monoisotopic (exact) mass is 375 g/mol. The van der Waals surface area contributed by atoms with Crippen molar-refractivity contribution in [1.82, 2.24) is 15.0 Å². The number of nitrogens with zero attached hydrogens (tertiary/aromatic N) is 3. The minimum Gasteiger partial charge on any atom is -0.461 e. The highest BCUT2D eigenvalue weighted by molar-refractivity contribution is 9.10. The third kappa shape index (κ3) is 4.15. The van der Waals surface area contributed by atoms with Crippen molar-refractivity contribution in [3.8, 4) is 6.01 Å². The van der Waals surface area contributed by atoms with Crippen LogP contribution < -0.4 is 15.8 Å². The van der Waals surface area contributed by atoms with Crippen LogP contribution in [0, 0.1) is 5.82 Å². The molecule has 0 fully saturated rings. The van der Waals surface area contributed by atoms with Crippen LogP contribution >= 0.6 is 27.5 Å². The lowest BCUT2D eigenvalue weighted by atomic mass is 10.3. The molecule has 0 bridgehead atoms. The molecule has 21 heavy (non-hydrogen) atoms. The number of aromatic nitrogens is 3. The summed E-state index contributed by atoms with van der Waals surface area (Å²) in [6.07, 6.45) is -0.110. The third-order valence-corrected chi connectivity index (χ3v) is 3.14. The first kappa shape index (κ1) is 15.7. The lowest BCUT2D eigenvalue weighted by molar-refractivity contribution is 0.222. The number of benzene rings is 1. The first-order chi connectivity index (χ1) is 9.85. The summed E-state index contributed by atoms with van der Waals surface area (Å²) >= 11 is 9.19. The van der Waals surface area contributed by atoms with Gasteiger partial charge in [-0.15, -0.1) is 0 Å². The Hall–Kier alpha value is -1.67. The summed E-state index contributed by atoms with van der Waals surface area (Å²) in [5, 5.41) is 3.03. The maximum atomic E-state index is 13.2. The summed E-state index contributed by atoms with van der Waals surface area (Å²) in [5.41, 5.74) is 6.02. The zero-order valence-corrected chi connectivity index (χ0v) is 13.5. The van der Waals surface area contributed by atoms with Crippen LogP contribution in [-0.4, -0.2) is 21.1 Å². The van der Waals surface area contributed by atoms with Gasteiger partial charge in [-0.1, -0.05) is 11.6 Å². The Morgan fingerprint density at radius 1 is 1.33 bits per heavy atom. The lowest BCUT2D eigenvalue weighted by Gasteiger charge is -2.12. The van der Waals surface area contributed by atoms with Crippen molar-refractivity contribution in [2.45, 2.75) is 20.0 Å². The van der Waals surface area contributed by atoms with E-state index in [0.717, 1.165) is 0 Å².